The first-order valence-electron chi connectivity index (χ1n) is 6.89. The van der Waals surface area contributed by atoms with Crippen LogP contribution in [-0.4, -0.2) is 12.1 Å². The van der Waals surface area contributed by atoms with Gasteiger partial charge in [-0.15, -0.1) is 0 Å². The fourth-order valence-electron chi connectivity index (χ4n) is 2.69. The summed E-state index contributed by atoms with van der Waals surface area (Å²) in [6, 6.07) is 7.31. The predicted octanol–water partition coefficient (Wildman–Crippen LogP) is 4.29. The van der Waals surface area contributed by atoms with E-state index >= 15 is 0 Å². The van der Waals surface area contributed by atoms with Gasteiger partial charge in [0.2, 0.25) is 0 Å². The van der Waals surface area contributed by atoms with E-state index in [4.69, 9.17) is 11.6 Å². The first-order chi connectivity index (χ1) is 9.06. The third-order valence-corrected chi connectivity index (χ3v) is 4.34. The molecular formula is C15H21ClN2O. The minimum Gasteiger partial charge on any atom is -0.335 e. The fourth-order valence-corrected chi connectivity index (χ4v) is 2.88. The summed E-state index contributed by atoms with van der Waals surface area (Å²) in [4.78, 5) is 12.0. The van der Waals surface area contributed by atoms with Crippen molar-refractivity contribution in [3.8, 4) is 0 Å². The zero-order valence-electron chi connectivity index (χ0n) is 11.4. The van der Waals surface area contributed by atoms with Crippen LogP contribution in [0.5, 0.6) is 0 Å². The smallest absolute Gasteiger partial charge is 0.319 e. The predicted molar refractivity (Wildman–Crippen MR) is 79.6 cm³/mol. The number of halogens is 1. The highest BCUT2D eigenvalue weighted by Crippen LogP contribution is 2.29. The van der Waals surface area contributed by atoms with Crippen LogP contribution in [0.15, 0.2) is 24.3 Å². The average molecular weight is 281 g/mol. The van der Waals surface area contributed by atoms with Gasteiger partial charge in [0, 0.05) is 16.8 Å². The van der Waals surface area contributed by atoms with Gasteiger partial charge in [-0.2, -0.15) is 0 Å². The standard InChI is InChI=1S/C15H21ClN2O/c1-10-5-3-8-14(11(10)2)18-15(19)17-13-7-4-6-12(16)9-13/h4,6-7,9-11,14H,3,5,8H2,1-2H3,(H2,17,18,19)/t10-,11-,14-/m1/s1. The van der Waals surface area contributed by atoms with Crippen LogP contribution in [0, 0.1) is 11.8 Å². The molecular weight excluding hydrogens is 260 g/mol. The van der Waals surface area contributed by atoms with Crippen molar-refractivity contribution in [3.63, 3.8) is 0 Å². The second-order valence-electron chi connectivity index (χ2n) is 5.48. The van der Waals surface area contributed by atoms with Crippen LogP contribution in [0.3, 0.4) is 0 Å². The van der Waals surface area contributed by atoms with E-state index in [1.807, 2.05) is 12.1 Å². The molecule has 19 heavy (non-hydrogen) atoms. The minimum atomic E-state index is -0.145. The molecule has 3 nitrogen and oxygen atoms in total. The van der Waals surface area contributed by atoms with Crippen molar-refractivity contribution in [2.24, 2.45) is 11.8 Å². The molecule has 2 N–H and O–H groups in total. The molecule has 0 bridgehead atoms. The maximum Gasteiger partial charge on any atom is 0.319 e. The van der Waals surface area contributed by atoms with Gasteiger partial charge in [0.25, 0.3) is 0 Å². The van der Waals surface area contributed by atoms with Crippen molar-refractivity contribution in [1.82, 2.24) is 5.32 Å². The third-order valence-electron chi connectivity index (χ3n) is 4.11. The lowest BCUT2D eigenvalue weighted by Crippen LogP contribution is -2.45. The number of hydrogen-bond donors (Lipinski definition) is 2. The molecule has 1 aromatic carbocycles. The summed E-state index contributed by atoms with van der Waals surface area (Å²) in [6.07, 6.45) is 3.51. The van der Waals surface area contributed by atoms with Crippen molar-refractivity contribution >= 4 is 23.3 Å². The highest BCUT2D eigenvalue weighted by Gasteiger charge is 2.28. The van der Waals surface area contributed by atoms with E-state index in [2.05, 4.69) is 24.5 Å². The number of anilines is 1. The monoisotopic (exact) mass is 280 g/mol. The van der Waals surface area contributed by atoms with E-state index in [1.54, 1.807) is 12.1 Å². The van der Waals surface area contributed by atoms with Crippen molar-refractivity contribution < 1.29 is 4.79 Å². The third kappa shape index (κ3) is 3.87. The Morgan fingerprint density at radius 2 is 2.11 bits per heavy atom. The maximum atomic E-state index is 12.0. The number of nitrogens with one attached hydrogen (secondary N) is 2. The Hall–Kier alpha value is -1.22. The number of amides is 2. The normalized spacial score (nSPS) is 26.8. The molecule has 1 fully saturated rings. The van der Waals surface area contributed by atoms with Gasteiger partial charge in [-0.25, -0.2) is 4.79 Å². The quantitative estimate of drug-likeness (QED) is 0.834. The minimum absolute atomic E-state index is 0.145. The summed E-state index contributed by atoms with van der Waals surface area (Å²) in [5.74, 6) is 1.20. The molecule has 0 spiro atoms. The number of urea groups is 1. The molecule has 1 aliphatic carbocycles. The van der Waals surface area contributed by atoms with Gasteiger partial charge in [-0.3, -0.25) is 0 Å². The summed E-state index contributed by atoms with van der Waals surface area (Å²) >= 11 is 5.89. The van der Waals surface area contributed by atoms with Crippen LogP contribution < -0.4 is 10.6 Å². The molecule has 1 aliphatic rings. The first-order valence-corrected chi connectivity index (χ1v) is 7.27. The number of hydrogen-bond acceptors (Lipinski definition) is 1. The molecule has 0 aromatic heterocycles. The summed E-state index contributed by atoms with van der Waals surface area (Å²) in [6.45, 7) is 4.47. The molecule has 2 rings (SSSR count). The second kappa shape index (κ2) is 6.29. The van der Waals surface area contributed by atoms with Crippen molar-refractivity contribution in [2.45, 2.75) is 39.2 Å². The van der Waals surface area contributed by atoms with E-state index in [-0.39, 0.29) is 12.1 Å². The van der Waals surface area contributed by atoms with Crippen LogP contribution in [0.4, 0.5) is 10.5 Å². The zero-order valence-corrected chi connectivity index (χ0v) is 12.2. The van der Waals surface area contributed by atoms with E-state index < -0.39 is 0 Å². The van der Waals surface area contributed by atoms with Crippen LogP contribution in [0.1, 0.15) is 33.1 Å². The van der Waals surface area contributed by atoms with Gasteiger partial charge in [0.15, 0.2) is 0 Å². The SMILES string of the molecule is C[C@@H]1[C@H](C)CCC[C@H]1NC(=O)Nc1cccc(Cl)c1. The van der Waals surface area contributed by atoms with Crippen LogP contribution in [0.2, 0.25) is 5.02 Å². The highest BCUT2D eigenvalue weighted by molar-refractivity contribution is 6.30. The highest BCUT2D eigenvalue weighted by atomic mass is 35.5. The molecule has 2 amide bonds. The van der Waals surface area contributed by atoms with E-state index in [0.717, 1.165) is 12.1 Å². The van der Waals surface area contributed by atoms with E-state index in [1.165, 1.54) is 12.8 Å². The topological polar surface area (TPSA) is 41.1 Å². The largest absolute Gasteiger partial charge is 0.335 e. The summed E-state index contributed by atoms with van der Waals surface area (Å²) in [5.41, 5.74) is 0.724. The Morgan fingerprint density at radius 1 is 1.32 bits per heavy atom. The number of carbonyl (C=O) groups excluding carboxylic acids is 1. The van der Waals surface area contributed by atoms with Crippen molar-refractivity contribution in [3.05, 3.63) is 29.3 Å². The lowest BCUT2D eigenvalue weighted by Gasteiger charge is -2.34. The molecule has 0 unspecified atom stereocenters. The summed E-state index contributed by atoms with van der Waals surface area (Å²) in [5, 5.41) is 6.53. The van der Waals surface area contributed by atoms with E-state index in [9.17, 15) is 4.79 Å². The number of rotatable bonds is 2. The maximum absolute atomic E-state index is 12.0. The molecule has 104 valence electrons. The molecule has 1 aromatic rings. The Labute approximate surface area is 119 Å². The summed E-state index contributed by atoms with van der Waals surface area (Å²) in [7, 11) is 0. The lowest BCUT2D eigenvalue weighted by molar-refractivity contribution is 0.201. The molecule has 0 heterocycles. The Balaban J connectivity index is 1.90. The zero-order chi connectivity index (χ0) is 13.8. The van der Waals surface area contributed by atoms with Crippen LogP contribution in [-0.2, 0) is 0 Å². The molecule has 0 radical (unpaired) electrons. The van der Waals surface area contributed by atoms with Gasteiger partial charge in [0.05, 0.1) is 0 Å². The lowest BCUT2D eigenvalue weighted by atomic mass is 9.78. The van der Waals surface area contributed by atoms with Gasteiger partial charge in [0.1, 0.15) is 0 Å². The molecule has 0 aliphatic heterocycles. The average Bonchev–Trinajstić information content (AvgIpc) is 2.35. The molecule has 1 saturated carbocycles. The Bertz CT molecular complexity index is 450. The van der Waals surface area contributed by atoms with Gasteiger partial charge in [-0.05, 0) is 36.5 Å². The fraction of sp³-hybridized carbons (Fsp3) is 0.533. The van der Waals surface area contributed by atoms with Crippen molar-refractivity contribution in [1.29, 1.82) is 0 Å². The number of benzene rings is 1. The van der Waals surface area contributed by atoms with Gasteiger partial charge in [-0.1, -0.05) is 44.4 Å². The molecule has 0 saturated heterocycles. The van der Waals surface area contributed by atoms with Crippen molar-refractivity contribution in [2.75, 3.05) is 5.32 Å². The van der Waals surface area contributed by atoms with E-state index in [0.29, 0.717) is 16.9 Å². The molecule has 4 heteroatoms. The van der Waals surface area contributed by atoms with Crippen LogP contribution >= 0.6 is 11.6 Å². The Morgan fingerprint density at radius 3 is 2.84 bits per heavy atom. The number of carbonyl (C=O) groups is 1. The summed E-state index contributed by atoms with van der Waals surface area (Å²) < 4.78 is 0. The first kappa shape index (κ1) is 14.2. The second-order valence-corrected chi connectivity index (χ2v) is 5.92. The van der Waals surface area contributed by atoms with Gasteiger partial charge >= 0.3 is 6.03 Å². The van der Waals surface area contributed by atoms with Crippen LogP contribution in [0.25, 0.3) is 0 Å². The Kier molecular flexibility index (Phi) is 4.70. The molecule has 3 atom stereocenters. The van der Waals surface area contributed by atoms with Gasteiger partial charge < -0.3 is 10.6 Å².